The van der Waals surface area contributed by atoms with Crippen molar-refractivity contribution in [1.29, 1.82) is 0 Å². The Kier molecular flexibility index (Phi) is 5.36. The molecule has 0 saturated carbocycles. The fourth-order valence-electron chi connectivity index (χ4n) is 1.65. The fourth-order valence-corrected chi connectivity index (χ4v) is 3.04. The zero-order chi connectivity index (χ0) is 14.4. The van der Waals surface area contributed by atoms with E-state index in [0.29, 0.717) is 17.7 Å². The van der Waals surface area contributed by atoms with Crippen LogP contribution in [0.1, 0.15) is 20.8 Å². The van der Waals surface area contributed by atoms with Crippen LogP contribution in [0.2, 0.25) is 0 Å². The molecule has 0 radical (unpaired) electrons. The van der Waals surface area contributed by atoms with E-state index >= 15 is 0 Å². The molecule has 0 aliphatic heterocycles. The first-order valence-electron chi connectivity index (χ1n) is 6.00. The zero-order valence-electron chi connectivity index (χ0n) is 10.7. The van der Waals surface area contributed by atoms with Gasteiger partial charge in [0.25, 0.3) is 5.91 Å². The normalized spacial score (nSPS) is 9.70. The van der Waals surface area contributed by atoms with Crippen LogP contribution >= 0.6 is 27.3 Å². The van der Waals surface area contributed by atoms with Crippen LogP contribution in [0.15, 0.2) is 40.2 Å². The van der Waals surface area contributed by atoms with Gasteiger partial charge in [-0.15, -0.1) is 11.3 Å². The highest BCUT2D eigenvalue weighted by atomic mass is 79.9. The first kappa shape index (κ1) is 14.8. The molecule has 0 spiro atoms. The van der Waals surface area contributed by atoms with Crippen LogP contribution in [0.4, 0.5) is 0 Å². The third-order valence-electron chi connectivity index (χ3n) is 2.54. The average Bonchev–Trinajstić information content (AvgIpc) is 2.88. The van der Waals surface area contributed by atoms with Crippen molar-refractivity contribution in [2.75, 3.05) is 6.54 Å². The minimum atomic E-state index is -0.128. The fraction of sp³-hybridized carbons (Fsp3) is 0.133. The number of carbonyl (C=O) groups is 1. The maximum atomic E-state index is 12.2. The number of carbonyl (C=O) groups excluding carboxylic acids is 1. The average molecular weight is 349 g/mol. The van der Waals surface area contributed by atoms with Crippen LogP contribution in [-0.2, 0) is 6.54 Å². The minimum Gasteiger partial charge on any atom is -0.347 e. The van der Waals surface area contributed by atoms with E-state index in [0.717, 1.165) is 9.35 Å². The van der Waals surface area contributed by atoms with Gasteiger partial charge in [-0.25, -0.2) is 0 Å². The van der Waals surface area contributed by atoms with E-state index in [1.54, 1.807) is 17.4 Å². The van der Waals surface area contributed by atoms with Gasteiger partial charge in [-0.1, -0.05) is 24.0 Å². The molecule has 1 amide bonds. The molecule has 0 aliphatic rings. The summed E-state index contributed by atoms with van der Waals surface area (Å²) in [5, 5.41) is 4.89. The number of hydrogen-bond acceptors (Lipinski definition) is 3. The SMILES string of the molecule is NCC#Cc1ccccc1C(=O)NCc1cc(Br)cs1. The summed E-state index contributed by atoms with van der Waals surface area (Å²) in [6.45, 7) is 0.785. The summed E-state index contributed by atoms with van der Waals surface area (Å²) in [7, 11) is 0. The van der Waals surface area contributed by atoms with Crippen LogP contribution in [0.3, 0.4) is 0 Å². The van der Waals surface area contributed by atoms with E-state index < -0.39 is 0 Å². The number of amides is 1. The van der Waals surface area contributed by atoms with Crippen LogP contribution in [0.5, 0.6) is 0 Å². The topological polar surface area (TPSA) is 55.1 Å². The molecular weight excluding hydrogens is 336 g/mol. The van der Waals surface area contributed by atoms with Crippen molar-refractivity contribution in [3.63, 3.8) is 0 Å². The van der Waals surface area contributed by atoms with Crippen molar-refractivity contribution in [3.05, 3.63) is 56.2 Å². The van der Waals surface area contributed by atoms with E-state index in [4.69, 9.17) is 5.73 Å². The Morgan fingerprint density at radius 3 is 2.90 bits per heavy atom. The summed E-state index contributed by atoms with van der Waals surface area (Å²) in [4.78, 5) is 13.3. The lowest BCUT2D eigenvalue weighted by Crippen LogP contribution is -2.23. The Morgan fingerprint density at radius 1 is 1.40 bits per heavy atom. The van der Waals surface area contributed by atoms with Crippen LogP contribution < -0.4 is 11.1 Å². The molecule has 0 fully saturated rings. The number of benzene rings is 1. The summed E-state index contributed by atoms with van der Waals surface area (Å²) >= 11 is 4.99. The highest BCUT2D eigenvalue weighted by Gasteiger charge is 2.09. The predicted octanol–water partition coefficient (Wildman–Crippen LogP) is 2.75. The monoisotopic (exact) mass is 348 g/mol. The highest BCUT2D eigenvalue weighted by Crippen LogP contribution is 2.19. The van der Waals surface area contributed by atoms with Gasteiger partial charge in [0.2, 0.25) is 0 Å². The molecule has 0 unspecified atom stereocenters. The van der Waals surface area contributed by atoms with Gasteiger partial charge in [0, 0.05) is 20.3 Å². The lowest BCUT2D eigenvalue weighted by atomic mass is 10.1. The van der Waals surface area contributed by atoms with Crippen LogP contribution in [0, 0.1) is 11.8 Å². The van der Waals surface area contributed by atoms with Crippen molar-refractivity contribution < 1.29 is 4.79 Å². The number of nitrogens with two attached hydrogens (primary N) is 1. The Bertz CT molecular complexity index is 670. The molecule has 2 rings (SSSR count). The molecule has 3 N–H and O–H groups in total. The number of halogens is 1. The summed E-state index contributed by atoms with van der Waals surface area (Å²) in [5.41, 5.74) is 6.63. The Balaban J connectivity index is 2.09. The molecule has 102 valence electrons. The van der Waals surface area contributed by atoms with E-state index in [9.17, 15) is 4.79 Å². The molecule has 0 aliphatic carbocycles. The molecule has 1 heterocycles. The van der Waals surface area contributed by atoms with Crippen molar-refractivity contribution in [2.45, 2.75) is 6.54 Å². The molecule has 0 bridgehead atoms. The van der Waals surface area contributed by atoms with Crippen molar-refractivity contribution in [2.24, 2.45) is 5.73 Å². The smallest absolute Gasteiger partial charge is 0.252 e. The standard InChI is InChI=1S/C15H13BrN2OS/c16-12-8-13(20-10-12)9-18-15(19)14-6-2-1-4-11(14)5-3-7-17/h1-2,4,6,8,10H,7,9,17H2,(H,18,19). The third kappa shape index (κ3) is 3.94. The van der Waals surface area contributed by atoms with Gasteiger partial charge in [-0.3, -0.25) is 4.79 Å². The van der Waals surface area contributed by atoms with E-state index in [1.165, 1.54) is 0 Å². The van der Waals surface area contributed by atoms with Crippen molar-refractivity contribution >= 4 is 33.2 Å². The Hall–Kier alpha value is -1.61. The van der Waals surface area contributed by atoms with Gasteiger partial charge >= 0.3 is 0 Å². The van der Waals surface area contributed by atoms with Gasteiger partial charge in [0.1, 0.15) is 0 Å². The molecule has 1 aromatic carbocycles. The molecule has 2 aromatic rings. The van der Waals surface area contributed by atoms with Gasteiger partial charge in [-0.2, -0.15) is 0 Å². The maximum Gasteiger partial charge on any atom is 0.252 e. The molecule has 0 atom stereocenters. The third-order valence-corrected chi connectivity index (χ3v) is 4.24. The first-order valence-corrected chi connectivity index (χ1v) is 7.67. The molecule has 20 heavy (non-hydrogen) atoms. The largest absolute Gasteiger partial charge is 0.347 e. The van der Waals surface area contributed by atoms with Crippen LogP contribution in [0.25, 0.3) is 0 Å². The highest BCUT2D eigenvalue weighted by molar-refractivity contribution is 9.10. The van der Waals surface area contributed by atoms with E-state index in [-0.39, 0.29) is 12.5 Å². The molecule has 5 heteroatoms. The number of hydrogen-bond donors (Lipinski definition) is 2. The lowest BCUT2D eigenvalue weighted by molar-refractivity contribution is 0.0951. The molecule has 3 nitrogen and oxygen atoms in total. The summed E-state index contributed by atoms with van der Waals surface area (Å²) in [5.74, 6) is 5.56. The lowest BCUT2D eigenvalue weighted by Gasteiger charge is -2.05. The van der Waals surface area contributed by atoms with Crippen molar-refractivity contribution in [3.8, 4) is 11.8 Å². The van der Waals surface area contributed by atoms with Crippen molar-refractivity contribution in [1.82, 2.24) is 5.32 Å². The molecule has 0 saturated heterocycles. The number of nitrogens with one attached hydrogen (secondary N) is 1. The number of rotatable bonds is 3. The van der Waals surface area contributed by atoms with Crippen LogP contribution in [-0.4, -0.2) is 12.5 Å². The minimum absolute atomic E-state index is 0.128. The van der Waals surface area contributed by atoms with Gasteiger partial charge < -0.3 is 11.1 Å². The van der Waals surface area contributed by atoms with E-state index in [1.807, 2.05) is 29.6 Å². The zero-order valence-corrected chi connectivity index (χ0v) is 13.1. The number of thiophene rings is 1. The summed E-state index contributed by atoms with van der Waals surface area (Å²) in [6, 6.07) is 9.25. The summed E-state index contributed by atoms with van der Waals surface area (Å²) < 4.78 is 1.03. The van der Waals surface area contributed by atoms with Gasteiger partial charge in [-0.05, 0) is 34.1 Å². The quantitative estimate of drug-likeness (QED) is 0.838. The summed E-state index contributed by atoms with van der Waals surface area (Å²) in [6.07, 6.45) is 0. The second-order valence-corrected chi connectivity index (χ2v) is 5.88. The van der Waals surface area contributed by atoms with Gasteiger partial charge in [0.15, 0.2) is 0 Å². The first-order chi connectivity index (χ1) is 9.70. The second kappa shape index (κ2) is 7.25. The van der Waals surface area contributed by atoms with Gasteiger partial charge in [0.05, 0.1) is 18.7 Å². The van der Waals surface area contributed by atoms with E-state index in [2.05, 4.69) is 33.1 Å². The Morgan fingerprint density at radius 2 is 2.20 bits per heavy atom. The molecule has 1 aromatic heterocycles. The predicted molar refractivity (Wildman–Crippen MR) is 85.6 cm³/mol. The molecular formula is C15H13BrN2OS. The second-order valence-electron chi connectivity index (χ2n) is 3.97. The Labute approximate surface area is 130 Å². The maximum absolute atomic E-state index is 12.2.